The number of rotatable bonds is 5. The molecule has 0 radical (unpaired) electrons. The van der Waals surface area contributed by atoms with Gasteiger partial charge in [0, 0.05) is 16.7 Å². The highest BCUT2D eigenvalue weighted by Gasteiger charge is 2.32. The third-order valence-electron chi connectivity index (χ3n) is 3.76. The van der Waals surface area contributed by atoms with E-state index in [4.69, 9.17) is 0 Å². The maximum Gasteiger partial charge on any atom is 0.573 e. The Kier molecular flexibility index (Phi) is 5.68. The van der Waals surface area contributed by atoms with Crippen LogP contribution in [-0.4, -0.2) is 24.0 Å². The van der Waals surface area contributed by atoms with E-state index in [1.807, 2.05) is 0 Å². The van der Waals surface area contributed by atoms with E-state index in [1.165, 1.54) is 36.4 Å². The Morgan fingerprint density at radius 3 is 1.80 bits per heavy atom. The van der Waals surface area contributed by atoms with Crippen LogP contribution in [0.4, 0.5) is 26.3 Å². The fourth-order valence-corrected chi connectivity index (χ4v) is 2.65. The summed E-state index contributed by atoms with van der Waals surface area (Å²) in [6.45, 7) is 0. The largest absolute Gasteiger partial charge is 0.573 e. The topological polar surface area (TPSA) is 48.4 Å². The standard InChI is InChI=1S/C20H11F6NO3/c21-19(22,23)29-15-5-1-3-12(9-15)17-8-7-14(11-28)18(27-17)13-4-2-6-16(10-13)30-20(24,25)26/h1-11H. The Labute approximate surface area is 165 Å². The lowest BCUT2D eigenvalue weighted by atomic mass is 10.0. The molecule has 0 bridgehead atoms. The summed E-state index contributed by atoms with van der Waals surface area (Å²) >= 11 is 0. The molecule has 0 amide bonds. The van der Waals surface area contributed by atoms with Gasteiger partial charge in [-0.2, -0.15) is 0 Å². The molecule has 156 valence electrons. The Hall–Kier alpha value is -3.56. The second-order valence-electron chi connectivity index (χ2n) is 5.90. The van der Waals surface area contributed by atoms with Crippen LogP contribution >= 0.6 is 0 Å². The van der Waals surface area contributed by atoms with Crippen molar-refractivity contribution in [3.05, 3.63) is 66.2 Å². The highest BCUT2D eigenvalue weighted by Crippen LogP contribution is 2.32. The fourth-order valence-electron chi connectivity index (χ4n) is 2.65. The third kappa shape index (κ3) is 5.49. The minimum atomic E-state index is -4.90. The predicted molar refractivity (Wildman–Crippen MR) is 93.9 cm³/mol. The number of ether oxygens (including phenoxy) is 2. The molecule has 0 unspecified atom stereocenters. The van der Waals surface area contributed by atoms with Gasteiger partial charge in [-0.05, 0) is 36.4 Å². The number of benzene rings is 2. The van der Waals surface area contributed by atoms with Crippen molar-refractivity contribution >= 4 is 6.29 Å². The molecule has 10 heteroatoms. The van der Waals surface area contributed by atoms with Gasteiger partial charge in [0.15, 0.2) is 6.29 Å². The number of halogens is 6. The van der Waals surface area contributed by atoms with Crippen LogP contribution < -0.4 is 9.47 Å². The minimum Gasteiger partial charge on any atom is -0.406 e. The van der Waals surface area contributed by atoms with Gasteiger partial charge in [-0.25, -0.2) is 4.98 Å². The zero-order valence-corrected chi connectivity index (χ0v) is 14.8. The van der Waals surface area contributed by atoms with E-state index < -0.39 is 24.2 Å². The van der Waals surface area contributed by atoms with E-state index in [0.717, 1.165) is 24.3 Å². The van der Waals surface area contributed by atoms with Crippen molar-refractivity contribution in [1.82, 2.24) is 4.98 Å². The van der Waals surface area contributed by atoms with Crippen LogP contribution in [0, 0.1) is 0 Å². The molecule has 30 heavy (non-hydrogen) atoms. The van der Waals surface area contributed by atoms with Crippen LogP contribution in [0.2, 0.25) is 0 Å². The molecule has 0 aliphatic rings. The molecule has 0 aliphatic carbocycles. The van der Waals surface area contributed by atoms with Gasteiger partial charge in [-0.15, -0.1) is 26.3 Å². The normalized spacial score (nSPS) is 11.8. The molecule has 0 aliphatic heterocycles. The molecule has 0 saturated heterocycles. The number of aldehydes is 1. The summed E-state index contributed by atoms with van der Waals surface area (Å²) in [4.78, 5) is 15.6. The first-order valence-electron chi connectivity index (χ1n) is 8.23. The number of pyridine rings is 1. The molecule has 0 fully saturated rings. The molecule has 0 atom stereocenters. The van der Waals surface area contributed by atoms with Crippen molar-refractivity contribution in [2.24, 2.45) is 0 Å². The number of carbonyl (C=O) groups excluding carboxylic acids is 1. The molecule has 0 saturated carbocycles. The van der Waals surface area contributed by atoms with E-state index in [9.17, 15) is 31.1 Å². The highest BCUT2D eigenvalue weighted by atomic mass is 19.4. The summed E-state index contributed by atoms with van der Waals surface area (Å²) in [5.41, 5.74) is 0.704. The summed E-state index contributed by atoms with van der Waals surface area (Å²) in [7, 11) is 0. The summed E-state index contributed by atoms with van der Waals surface area (Å²) in [5.74, 6) is -0.979. The summed E-state index contributed by atoms with van der Waals surface area (Å²) < 4.78 is 82.5. The zero-order valence-electron chi connectivity index (χ0n) is 14.8. The minimum absolute atomic E-state index is 0.0391. The van der Waals surface area contributed by atoms with E-state index in [-0.39, 0.29) is 28.1 Å². The molecule has 3 rings (SSSR count). The highest BCUT2D eigenvalue weighted by molar-refractivity contribution is 5.87. The van der Waals surface area contributed by atoms with E-state index in [1.54, 1.807) is 0 Å². The lowest BCUT2D eigenvalue weighted by Gasteiger charge is -2.12. The zero-order chi connectivity index (χ0) is 21.9. The first kappa shape index (κ1) is 21.2. The quantitative estimate of drug-likeness (QED) is 0.369. The molecule has 0 spiro atoms. The van der Waals surface area contributed by atoms with Gasteiger partial charge in [0.2, 0.25) is 0 Å². The molecule has 3 aromatic rings. The number of aromatic nitrogens is 1. The molecule has 1 heterocycles. The fraction of sp³-hybridized carbons (Fsp3) is 0.100. The molecule has 4 nitrogen and oxygen atoms in total. The smallest absolute Gasteiger partial charge is 0.406 e. The number of hydrogen-bond acceptors (Lipinski definition) is 4. The number of nitrogens with zero attached hydrogens (tertiary/aromatic N) is 1. The van der Waals surface area contributed by atoms with Crippen molar-refractivity contribution in [3.8, 4) is 34.0 Å². The Bertz CT molecular complexity index is 1060. The Morgan fingerprint density at radius 1 is 0.733 bits per heavy atom. The van der Waals surface area contributed by atoms with Crippen LogP contribution in [0.1, 0.15) is 10.4 Å². The van der Waals surface area contributed by atoms with E-state index in [0.29, 0.717) is 6.29 Å². The van der Waals surface area contributed by atoms with Gasteiger partial charge < -0.3 is 9.47 Å². The lowest BCUT2D eigenvalue weighted by molar-refractivity contribution is -0.275. The monoisotopic (exact) mass is 427 g/mol. The average Bonchev–Trinajstić information content (AvgIpc) is 2.65. The Balaban J connectivity index is 2.02. The van der Waals surface area contributed by atoms with E-state index >= 15 is 0 Å². The van der Waals surface area contributed by atoms with Gasteiger partial charge in [0.1, 0.15) is 11.5 Å². The van der Waals surface area contributed by atoms with Crippen molar-refractivity contribution in [1.29, 1.82) is 0 Å². The molecular formula is C20H11F6NO3. The number of alkyl halides is 6. The average molecular weight is 427 g/mol. The molecular weight excluding hydrogens is 416 g/mol. The second-order valence-corrected chi connectivity index (χ2v) is 5.90. The van der Waals surface area contributed by atoms with Crippen LogP contribution in [0.5, 0.6) is 11.5 Å². The first-order valence-corrected chi connectivity index (χ1v) is 8.23. The van der Waals surface area contributed by atoms with E-state index in [2.05, 4.69) is 14.5 Å². The maximum atomic E-state index is 12.5. The van der Waals surface area contributed by atoms with Gasteiger partial charge in [0.05, 0.1) is 11.4 Å². The van der Waals surface area contributed by atoms with Gasteiger partial charge in [-0.3, -0.25) is 4.79 Å². The van der Waals surface area contributed by atoms with Crippen molar-refractivity contribution in [3.63, 3.8) is 0 Å². The van der Waals surface area contributed by atoms with Crippen LogP contribution in [-0.2, 0) is 0 Å². The van der Waals surface area contributed by atoms with Crippen molar-refractivity contribution in [2.75, 3.05) is 0 Å². The van der Waals surface area contributed by atoms with Gasteiger partial charge in [0.25, 0.3) is 0 Å². The maximum absolute atomic E-state index is 12.5. The van der Waals surface area contributed by atoms with Crippen LogP contribution in [0.25, 0.3) is 22.5 Å². The van der Waals surface area contributed by atoms with Crippen LogP contribution in [0.3, 0.4) is 0 Å². The first-order chi connectivity index (χ1) is 14.0. The number of carbonyl (C=O) groups is 1. The van der Waals surface area contributed by atoms with Crippen LogP contribution in [0.15, 0.2) is 60.7 Å². The van der Waals surface area contributed by atoms with Gasteiger partial charge >= 0.3 is 12.7 Å². The van der Waals surface area contributed by atoms with Crippen molar-refractivity contribution in [2.45, 2.75) is 12.7 Å². The second kappa shape index (κ2) is 8.05. The summed E-state index contributed by atoms with van der Waals surface area (Å²) in [6.07, 6.45) is -9.32. The lowest BCUT2D eigenvalue weighted by Crippen LogP contribution is -2.17. The van der Waals surface area contributed by atoms with Gasteiger partial charge in [-0.1, -0.05) is 24.3 Å². The molecule has 2 aromatic carbocycles. The van der Waals surface area contributed by atoms with Crippen molar-refractivity contribution < 1.29 is 40.6 Å². The molecule has 0 N–H and O–H groups in total. The predicted octanol–water partition coefficient (Wildman–Crippen LogP) is 6.03. The SMILES string of the molecule is O=Cc1ccc(-c2cccc(OC(F)(F)F)c2)nc1-c1cccc(OC(F)(F)F)c1. The Morgan fingerprint density at radius 2 is 1.27 bits per heavy atom. The molecule has 1 aromatic heterocycles. The summed E-state index contributed by atoms with van der Waals surface area (Å²) in [6, 6.07) is 12.6. The summed E-state index contributed by atoms with van der Waals surface area (Å²) in [5, 5.41) is 0. The number of hydrogen-bond donors (Lipinski definition) is 0. The third-order valence-corrected chi connectivity index (χ3v) is 3.76.